The van der Waals surface area contributed by atoms with Crippen molar-refractivity contribution in [2.75, 3.05) is 0 Å². The first kappa shape index (κ1) is 14.9. The Morgan fingerprint density at radius 2 is 1.86 bits per heavy atom. The van der Waals surface area contributed by atoms with Crippen LogP contribution in [0.5, 0.6) is 0 Å². The summed E-state index contributed by atoms with van der Waals surface area (Å²) in [5.41, 5.74) is 1.04. The zero-order valence-corrected chi connectivity index (χ0v) is 13.7. The van der Waals surface area contributed by atoms with Crippen molar-refractivity contribution >= 4 is 5.78 Å². The molecule has 3 fully saturated rings. The van der Waals surface area contributed by atoms with Crippen molar-refractivity contribution in [3.05, 3.63) is 11.6 Å². The van der Waals surface area contributed by atoms with Gasteiger partial charge in [0.1, 0.15) is 0 Å². The Hall–Kier alpha value is -0.670. The standard InChI is InChI=1S/C19H28O3/c1-18-7-5-11(20)9-15(18)16(21)10-12-13-3-4-17(22)19(13,2)8-6-14(12)18/h9,12-14,16-17,21-22H,3-8,10H2,1-2H3/t12-,13-,14+,16?,17?,18+,19-/m0/s1. The van der Waals surface area contributed by atoms with Crippen LogP contribution in [0, 0.1) is 28.6 Å². The summed E-state index contributed by atoms with van der Waals surface area (Å²) in [5.74, 6) is 1.79. The predicted molar refractivity (Wildman–Crippen MR) is 84.1 cm³/mol. The maximum atomic E-state index is 11.8. The summed E-state index contributed by atoms with van der Waals surface area (Å²) in [4.78, 5) is 11.8. The lowest BCUT2D eigenvalue weighted by molar-refractivity contribution is -0.120. The lowest BCUT2D eigenvalue weighted by atomic mass is 9.47. The van der Waals surface area contributed by atoms with Gasteiger partial charge in [-0.05, 0) is 78.8 Å². The number of carbonyl (C=O) groups is 1. The average molecular weight is 304 g/mol. The van der Waals surface area contributed by atoms with Crippen molar-refractivity contribution in [2.24, 2.45) is 28.6 Å². The molecule has 22 heavy (non-hydrogen) atoms. The fourth-order valence-corrected chi connectivity index (χ4v) is 6.58. The maximum Gasteiger partial charge on any atom is 0.155 e. The molecule has 3 nitrogen and oxygen atoms in total. The molecule has 2 N–H and O–H groups in total. The van der Waals surface area contributed by atoms with Crippen LogP contribution in [-0.2, 0) is 4.79 Å². The molecule has 0 bridgehead atoms. The van der Waals surface area contributed by atoms with Gasteiger partial charge >= 0.3 is 0 Å². The largest absolute Gasteiger partial charge is 0.393 e. The van der Waals surface area contributed by atoms with Crippen molar-refractivity contribution in [1.82, 2.24) is 0 Å². The summed E-state index contributed by atoms with van der Waals surface area (Å²) < 4.78 is 0. The fraction of sp³-hybridized carbons (Fsp3) is 0.842. The smallest absolute Gasteiger partial charge is 0.155 e. The number of carbonyl (C=O) groups excluding carboxylic acids is 1. The Labute approximate surface area is 132 Å². The molecule has 3 heteroatoms. The van der Waals surface area contributed by atoms with Crippen LogP contribution in [-0.4, -0.2) is 28.2 Å². The molecule has 4 aliphatic rings. The summed E-state index contributed by atoms with van der Waals surface area (Å²) in [6, 6.07) is 0. The van der Waals surface area contributed by atoms with Crippen LogP contribution in [0.25, 0.3) is 0 Å². The third kappa shape index (κ3) is 1.78. The SMILES string of the molecule is C[C@]12CCC(=O)C=C1C(O)C[C@@H]1[C@H]2CC[C@]2(C)C(O)CC[C@@H]12. The number of hydrogen-bond donors (Lipinski definition) is 2. The summed E-state index contributed by atoms with van der Waals surface area (Å²) in [7, 11) is 0. The molecule has 0 aromatic carbocycles. The zero-order valence-electron chi connectivity index (χ0n) is 13.7. The van der Waals surface area contributed by atoms with Gasteiger partial charge in [-0.15, -0.1) is 0 Å². The lowest BCUT2D eigenvalue weighted by Gasteiger charge is -2.58. The molecular formula is C19H28O3. The van der Waals surface area contributed by atoms with Crippen molar-refractivity contribution in [3.63, 3.8) is 0 Å². The van der Waals surface area contributed by atoms with E-state index in [2.05, 4.69) is 13.8 Å². The number of hydrogen-bond acceptors (Lipinski definition) is 3. The summed E-state index contributed by atoms with van der Waals surface area (Å²) >= 11 is 0. The minimum absolute atomic E-state index is 0.00881. The van der Waals surface area contributed by atoms with Gasteiger partial charge < -0.3 is 10.2 Å². The third-order valence-corrected chi connectivity index (χ3v) is 7.93. The molecule has 4 rings (SSSR count). The monoisotopic (exact) mass is 304 g/mol. The Balaban J connectivity index is 1.73. The molecule has 0 aromatic heterocycles. The molecule has 122 valence electrons. The van der Waals surface area contributed by atoms with Crippen molar-refractivity contribution in [1.29, 1.82) is 0 Å². The van der Waals surface area contributed by atoms with Gasteiger partial charge in [0.15, 0.2) is 5.78 Å². The van der Waals surface area contributed by atoms with Crippen molar-refractivity contribution in [3.8, 4) is 0 Å². The van der Waals surface area contributed by atoms with E-state index in [1.54, 1.807) is 6.08 Å². The van der Waals surface area contributed by atoms with E-state index in [0.29, 0.717) is 24.2 Å². The second-order valence-corrected chi connectivity index (χ2v) is 8.75. The van der Waals surface area contributed by atoms with Crippen LogP contribution in [0.4, 0.5) is 0 Å². The number of rotatable bonds is 0. The van der Waals surface area contributed by atoms with Crippen LogP contribution in [0.15, 0.2) is 11.6 Å². The molecule has 0 aromatic rings. The highest BCUT2D eigenvalue weighted by atomic mass is 16.3. The minimum Gasteiger partial charge on any atom is -0.393 e. The minimum atomic E-state index is -0.462. The second-order valence-electron chi connectivity index (χ2n) is 8.75. The molecule has 0 heterocycles. The van der Waals surface area contributed by atoms with E-state index in [1.165, 1.54) is 0 Å². The highest BCUT2D eigenvalue weighted by molar-refractivity contribution is 5.91. The third-order valence-electron chi connectivity index (χ3n) is 7.93. The van der Waals surface area contributed by atoms with Crippen LogP contribution < -0.4 is 0 Å². The second kappa shape index (κ2) is 4.67. The molecule has 0 spiro atoms. The van der Waals surface area contributed by atoms with Gasteiger partial charge in [-0.3, -0.25) is 4.79 Å². The van der Waals surface area contributed by atoms with Gasteiger partial charge in [0.2, 0.25) is 0 Å². The molecule has 0 aliphatic heterocycles. The number of aliphatic hydroxyl groups is 2. The summed E-state index contributed by atoms with van der Waals surface area (Å²) in [6.45, 7) is 4.54. The highest BCUT2D eigenvalue weighted by Gasteiger charge is 2.60. The fourth-order valence-electron chi connectivity index (χ4n) is 6.58. The maximum absolute atomic E-state index is 11.8. The number of ketones is 1. The van der Waals surface area contributed by atoms with Gasteiger partial charge in [-0.25, -0.2) is 0 Å². The highest BCUT2D eigenvalue weighted by Crippen LogP contribution is 2.65. The van der Waals surface area contributed by atoms with Gasteiger partial charge in [0.25, 0.3) is 0 Å². The van der Waals surface area contributed by atoms with Gasteiger partial charge in [-0.2, -0.15) is 0 Å². The van der Waals surface area contributed by atoms with Crippen LogP contribution >= 0.6 is 0 Å². The molecule has 0 saturated heterocycles. The van der Waals surface area contributed by atoms with Gasteiger partial charge in [0.05, 0.1) is 12.2 Å². The first-order valence-corrected chi connectivity index (χ1v) is 8.97. The topological polar surface area (TPSA) is 57.5 Å². The van der Waals surface area contributed by atoms with Crippen LogP contribution in [0.3, 0.4) is 0 Å². The Bertz CT molecular complexity index is 539. The lowest BCUT2D eigenvalue weighted by Crippen LogP contribution is -2.54. The van der Waals surface area contributed by atoms with Crippen LogP contribution in [0.1, 0.15) is 58.8 Å². The van der Waals surface area contributed by atoms with Crippen molar-refractivity contribution in [2.45, 2.75) is 71.0 Å². The summed E-state index contributed by atoms with van der Waals surface area (Å²) in [5, 5.41) is 21.2. The predicted octanol–water partition coefficient (Wildman–Crippen LogP) is 2.85. The Morgan fingerprint density at radius 1 is 1.09 bits per heavy atom. The molecule has 4 aliphatic carbocycles. The quantitative estimate of drug-likeness (QED) is 0.723. The average Bonchev–Trinajstić information content (AvgIpc) is 2.77. The van der Waals surface area contributed by atoms with E-state index in [1.807, 2.05) is 0 Å². The normalized spacial score (nSPS) is 54.3. The van der Waals surface area contributed by atoms with Gasteiger partial charge in [-0.1, -0.05) is 13.8 Å². The molecule has 3 saturated carbocycles. The Morgan fingerprint density at radius 3 is 2.64 bits per heavy atom. The first-order chi connectivity index (χ1) is 10.4. The van der Waals surface area contributed by atoms with E-state index in [9.17, 15) is 15.0 Å². The van der Waals surface area contributed by atoms with E-state index in [-0.39, 0.29) is 22.7 Å². The van der Waals surface area contributed by atoms with E-state index in [0.717, 1.165) is 44.1 Å². The number of aliphatic hydroxyl groups excluding tert-OH is 2. The zero-order chi connectivity index (χ0) is 15.7. The molecular weight excluding hydrogens is 276 g/mol. The van der Waals surface area contributed by atoms with E-state index in [4.69, 9.17) is 0 Å². The summed E-state index contributed by atoms with van der Waals surface area (Å²) in [6.07, 6.45) is 7.65. The molecule has 0 radical (unpaired) electrons. The molecule has 2 unspecified atom stereocenters. The van der Waals surface area contributed by atoms with Gasteiger partial charge in [0, 0.05) is 6.42 Å². The Kier molecular flexibility index (Phi) is 3.16. The number of fused-ring (bicyclic) bond motifs is 5. The van der Waals surface area contributed by atoms with E-state index >= 15 is 0 Å². The molecule has 7 atom stereocenters. The van der Waals surface area contributed by atoms with Crippen LogP contribution in [0.2, 0.25) is 0 Å². The van der Waals surface area contributed by atoms with E-state index < -0.39 is 6.10 Å². The van der Waals surface area contributed by atoms with Crippen molar-refractivity contribution < 1.29 is 15.0 Å². The molecule has 0 amide bonds. The first-order valence-electron chi connectivity index (χ1n) is 8.97.